The molecule has 0 saturated heterocycles. The van der Waals surface area contributed by atoms with E-state index in [2.05, 4.69) is 45.4 Å². The van der Waals surface area contributed by atoms with Crippen molar-refractivity contribution in [3.63, 3.8) is 0 Å². The summed E-state index contributed by atoms with van der Waals surface area (Å²) in [5.74, 6) is 1.11. The quantitative estimate of drug-likeness (QED) is 0.711. The molecule has 4 nitrogen and oxygen atoms in total. The molecule has 0 spiro atoms. The summed E-state index contributed by atoms with van der Waals surface area (Å²) in [6.07, 6.45) is 0.977. The number of fused-ring (bicyclic) bond motifs is 1. The van der Waals surface area contributed by atoms with Gasteiger partial charge in [0.25, 0.3) is 0 Å². The van der Waals surface area contributed by atoms with Gasteiger partial charge in [0, 0.05) is 30.6 Å². The molecule has 5 heteroatoms. The summed E-state index contributed by atoms with van der Waals surface area (Å²) < 4.78 is 2.27. The van der Waals surface area contributed by atoms with E-state index < -0.39 is 0 Å². The van der Waals surface area contributed by atoms with E-state index in [1.165, 1.54) is 10.5 Å². The number of nitrogens with zero attached hydrogens (tertiary/aromatic N) is 3. The lowest BCUT2D eigenvalue weighted by atomic mass is 10.3. The van der Waals surface area contributed by atoms with Gasteiger partial charge in [-0.3, -0.25) is 0 Å². The Morgan fingerprint density at radius 1 is 1.24 bits per heavy atom. The van der Waals surface area contributed by atoms with Crippen molar-refractivity contribution < 1.29 is 0 Å². The minimum Gasteiger partial charge on any atom is -0.327 e. The zero-order valence-electron chi connectivity index (χ0n) is 12.5. The number of hydrogen-bond donors (Lipinski definition) is 1. The number of rotatable bonds is 6. The Balaban J connectivity index is 1.62. The smallest absolute Gasteiger partial charge is 0.123 e. The molecule has 3 rings (SSSR count). The third-order valence-electron chi connectivity index (χ3n) is 3.52. The highest BCUT2D eigenvalue weighted by molar-refractivity contribution is 7.09. The number of imidazole rings is 1. The zero-order chi connectivity index (χ0) is 14.7. The summed E-state index contributed by atoms with van der Waals surface area (Å²) in [6.45, 7) is 6.88. The first-order chi connectivity index (χ1) is 10.3. The van der Waals surface area contributed by atoms with Crippen molar-refractivity contribution in [3.05, 3.63) is 46.2 Å². The van der Waals surface area contributed by atoms with E-state index in [-0.39, 0.29) is 0 Å². The Hall–Kier alpha value is -1.72. The highest BCUT2D eigenvalue weighted by atomic mass is 32.1. The number of para-hydroxylation sites is 2. The second-order valence-electron chi connectivity index (χ2n) is 5.07. The maximum atomic E-state index is 4.72. The molecule has 2 heterocycles. The third-order valence-corrected chi connectivity index (χ3v) is 4.54. The van der Waals surface area contributed by atoms with Crippen LogP contribution in [0.25, 0.3) is 11.0 Å². The molecule has 3 aromatic rings. The first kappa shape index (κ1) is 14.2. The molecular formula is C16H20N4S. The fourth-order valence-corrected chi connectivity index (χ4v) is 3.30. The van der Waals surface area contributed by atoms with Crippen LogP contribution in [0.1, 0.15) is 23.4 Å². The van der Waals surface area contributed by atoms with Crippen LogP contribution in [-0.2, 0) is 19.5 Å². The van der Waals surface area contributed by atoms with Gasteiger partial charge in [0.15, 0.2) is 0 Å². The maximum absolute atomic E-state index is 4.72. The predicted octanol–water partition coefficient (Wildman–Crippen LogP) is 3.15. The Morgan fingerprint density at radius 2 is 2.10 bits per heavy atom. The van der Waals surface area contributed by atoms with Crippen molar-refractivity contribution in [1.82, 2.24) is 19.9 Å². The normalized spacial score (nSPS) is 11.3. The first-order valence-electron chi connectivity index (χ1n) is 7.34. The molecular weight excluding hydrogens is 280 g/mol. The number of aryl methyl sites for hydroxylation is 2. The molecule has 110 valence electrons. The van der Waals surface area contributed by atoms with E-state index in [0.717, 1.165) is 43.1 Å². The summed E-state index contributed by atoms with van der Waals surface area (Å²) in [6, 6.07) is 8.31. The summed E-state index contributed by atoms with van der Waals surface area (Å²) in [5.41, 5.74) is 3.40. The molecule has 0 bridgehead atoms. The molecule has 0 aliphatic carbocycles. The van der Waals surface area contributed by atoms with Crippen molar-refractivity contribution in [2.24, 2.45) is 0 Å². The van der Waals surface area contributed by atoms with Crippen LogP contribution in [0, 0.1) is 6.92 Å². The minimum atomic E-state index is 0.798. The van der Waals surface area contributed by atoms with Crippen LogP contribution in [0.5, 0.6) is 0 Å². The average Bonchev–Trinajstić information content (AvgIpc) is 3.06. The van der Waals surface area contributed by atoms with Gasteiger partial charge in [0.05, 0.1) is 22.6 Å². The van der Waals surface area contributed by atoms with Gasteiger partial charge in [0.1, 0.15) is 5.82 Å². The van der Waals surface area contributed by atoms with Crippen molar-refractivity contribution in [1.29, 1.82) is 0 Å². The summed E-state index contributed by atoms with van der Waals surface area (Å²) in [4.78, 5) is 9.20. The van der Waals surface area contributed by atoms with E-state index in [1.807, 2.05) is 13.0 Å². The van der Waals surface area contributed by atoms with E-state index in [0.29, 0.717) is 0 Å². The highest BCUT2D eigenvalue weighted by Crippen LogP contribution is 2.15. The fourth-order valence-electron chi connectivity index (χ4n) is 2.53. The average molecular weight is 300 g/mol. The molecule has 0 atom stereocenters. The molecule has 0 unspecified atom stereocenters. The maximum Gasteiger partial charge on any atom is 0.123 e. The monoisotopic (exact) mass is 300 g/mol. The summed E-state index contributed by atoms with van der Waals surface area (Å²) >= 11 is 1.74. The largest absolute Gasteiger partial charge is 0.327 e. The van der Waals surface area contributed by atoms with Crippen LogP contribution in [0.15, 0.2) is 29.6 Å². The van der Waals surface area contributed by atoms with E-state index in [4.69, 9.17) is 4.98 Å². The Bertz CT molecular complexity index is 729. The SMILES string of the molecule is CCn1c(CNCCc2nc(C)cs2)nc2ccccc21. The van der Waals surface area contributed by atoms with Crippen LogP contribution < -0.4 is 5.32 Å². The second kappa shape index (κ2) is 6.37. The number of nitrogens with one attached hydrogen (secondary N) is 1. The van der Waals surface area contributed by atoms with Gasteiger partial charge in [-0.1, -0.05) is 12.1 Å². The van der Waals surface area contributed by atoms with E-state index in [9.17, 15) is 0 Å². The van der Waals surface area contributed by atoms with E-state index >= 15 is 0 Å². The van der Waals surface area contributed by atoms with E-state index in [1.54, 1.807) is 11.3 Å². The number of thiazole rings is 1. The Morgan fingerprint density at radius 3 is 2.86 bits per heavy atom. The van der Waals surface area contributed by atoms with Crippen LogP contribution in [0.3, 0.4) is 0 Å². The molecule has 0 saturated carbocycles. The lowest BCUT2D eigenvalue weighted by molar-refractivity contribution is 0.620. The molecule has 1 aromatic carbocycles. The van der Waals surface area contributed by atoms with Crippen molar-refractivity contribution in [2.75, 3.05) is 6.54 Å². The number of benzene rings is 1. The third kappa shape index (κ3) is 3.14. The molecule has 21 heavy (non-hydrogen) atoms. The standard InChI is InChI=1S/C16H20N4S/c1-3-20-14-7-5-4-6-13(14)19-15(20)10-17-9-8-16-18-12(2)11-21-16/h4-7,11,17H,3,8-10H2,1-2H3. The minimum absolute atomic E-state index is 0.798. The van der Waals surface area contributed by atoms with Gasteiger partial charge in [-0.15, -0.1) is 11.3 Å². The van der Waals surface area contributed by atoms with Crippen molar-refractivity contribution in [3.8, 4) is 0 Å². The Labute approximate surface area is 128 Å². The van der Waals surface area contributed by atoms with Crippen molar-refractivity contribution in [2.45, 2.75) is 33.4 Å². The molecule has 0 aliphatic heterocycles. The van der Waals surface area contributed by atoms with Crippen LogP contribution >= 0.6 is 11.3 Å². The molecule has 0 fully saturated rings. The van der Waals surface area contributed by atoms with Gasteiger partial charge in [-0.25, -0.2) is 9.97 Å². The fraction of sp³-hybridized carbons (Fsp3) is 0.375. The van der Waals surface area contributed by atoms with Gasteiger partial charge in [-0.2, -0.15) is 0 Å². The van der Waals surface area contributed by atoms with Gasteiger partial charge in [-0.05, 0) is 26.0 Å². The lowest BCUT2D eigenvalue weighted by Crippen LogP contribution is -2.19. The number of hydrogen-bond acceptors (Lipinski definition) is 4. The number of aromatic nitrogens is 3. The van der Waals surface area contributed by atoms with Crippen molar-refractivity contribution >= 4 is 22.4 Å². The molecule has 2 aromatic heterocycles. The summed E-state index contributed by atoms with van der Waals surface area (Å²) in [5, 5.41) is 6.78. The molecule has 0 radical (unpaired) electrons. The van der Waals surface area contributed by atoms with Crippen LogP contribution in [0.4, 0.5) is 0 Å². The first-order valence-corrected chi connectivity index (χ1v) is 8.21. The van der Waals surface area contributed by atoms with Gasteiger partial charge >= 0.3 is 0 Å². The Kier molecular flexibility index (Phi) is 4.31. The predicted molar refractivity (Wildman–Crippen MR) is 87.7 cm³/mol. The molecule has 0 aliphatic rings. The topological polar surface area (TPSA) is 42.7 Å². The van der Waals surface area contributed by atoms with Crippen LogP contribution in [0.2, 0.25) is 0 Å². The highest BCUT2D eigenvalue weighted by Gasteiger charge is 2.08. The molecule has 1 N–H and O–H groups in total. The zero-order valence-corrected chi connectivity index (χ0v) is 13.3. The second-order valence-corrected chi connectivity index (χ2v) is 6.01. The summed E-state index contributed by atoms with van der Waals surface area (Å²) in [7, 11) is 0. The molecule has 0 amide bonds. The van der Waals surface area contributed by atoms with Gasteiger partial charge < -0.3 is 9.88 Å². The lowest BCUT2D eigenvalue weighted by Gasteiger charge is -2.07. The van der Waals surface area contributed by atoms with Crippen LogP contribution in [-0.4, -0.2) is 21.1 Å². The van der Waals surface area contributed by atoms with Gasteiger partial charge in [0.2, 0.25) is 0 Å².